The Morgan fingerprint density at radius 1 is 1.32 bits per heavy atom. The van der Waals surface area contributed by atoms with Gasteiger partial charge >= 0.3 is 5.97 Å². The number of hydrogen-bond acceptors (Lipinski definition) is 7. The third kappa shape index (κ3) is 4.49. The molecule has 25 heavy (non-hydrogen) atoms. The molecule has 1 aromatic carbocycles. The van der Waals surface area contributed by atoms with Gasteiger partial charge < -0.3 is 9.15 Å². The highest BCUT2D eigenvalue weighted by Gasteiger charge is 2.19. The molecule has 130 valence electrons. The molecule has 2 aromatic heterocycles. The van der Waals surface area contributed by atoms with Gasteiger partial charge in [-0.05, 0) is 43.8 Å². The first-order chi connectivity index (χ1) is 12.0. The van der Waals surface area contributed by atoms with Crippen LogP contribution >= 0.6 is 23.1 Å². The van der Waals surface area contributed by atoms with Crippen LogP contribution in [0.3, 0.4) is 0 Å². The lowest BCUT2D eigenvalue weighted by Crippen LogP contribution is -2.11. The highest BCUT2D eigenvalue weighted by atomic mass is 32.2. The molecule has 7 heteroatoms. The van der Waals surface area contributed by atoms with E-state index in [-0.39, 0.29) is 11.7 Å². The van der Waals surface area contributed by atoms with Crippen LogP contribution in [0.1, 0.15) is 30.0 Å². The molecular formula is C18H18N2O3S2. The maximum Gasteiger partial charge on any atom is 0.317 e. The van der Waals surface area contributed by atoms with Crippen LogP contribution in [0.5, 0.6) is 0 Å². The summed E-state index contributed by atoms with van der Waals surface area (Å²) >= 11 is 2.98. The first-order valence-electron chi connectivity index (χ1n) is 7.79. The Balaban J connectivity index is 1.55. The number of ether oxygens (including phenoxy) is 1. The van der Waals surface area contributed by atoms with Crippen molar-refractivity contribution in [3.63, 3.8) is 0 Å². The number of thiophene rings is 1. The van der Waals surface area contributed by atoms with Gasteiger partial charge in [-0.1, -0.05) is 23.8 Å². The lowest BCUT2D eigenvalue weighted by atomic mass is 10.2. The minimum absolute atomic E-state index is 0.236. The number of hydrogen-bond donors (Lipinski definition) is 0. The molecule has 0 fully saturated rings. The maximum absolute atomic E-state index is 12.1. The van der Waals surface area contributed by atoms with E-state index in [1.54, 1.807) is 6.92 Å². The Kier molecular flexibility index (Phi) is 5.55. The Morgan fingerprint density at radius 3 is 2.88 bits per heavy atom. The standard InChI is InChI=1S/C18H18N2O3S2/c1-11-6-7-14(12(2)9-11)25-10-16(21)22-13(3)17-19-20-18(23-17)15-5-4-8-24-15/h4-9,13H,10H2,1-3H3/t13-/m0/s1. The summed E-state index contributed by atoms with van der Waals surface area (Å²) in [4.78, 5) is 14.1. The van der Waals surface area contributed by atoms with Crippen molar-refractivity contribution >= 4 is 29.1 Å². The van der Waals surface area contributed by atoms with Gasteiger partial charge in [-0.2, -0.15) is 0 Å². The Morgan fingerprint density at radius 2 is 2.16 bits per heavy atom. The van der Waals surface area contributed by atoms with Gasteiger partial charge in [-0.15, -0.1) is 33.3 Å². The van der Waals surface area contributed by atoms with Crippen molar-refractivity contribution in [1.29, 1.82) is 0 Å². The monoisotopic (exact) mass is 374 g/mol. The van der Waals surface area contributed by atoms with Crippen LogP contribution in [0.15, 0.2) is 45.0 Å². The molecule has 0 saturated heterocycles. The number of carbonyl (C=O) groups excluding carboxylic acids is 1. The van der Waals surface area contributed by atoms with Crippen LogP contribution in [-0.2, 0) is 9.53 Å². The predicted molar refractivity (Wildman–Crippen MR) is 98.8 cm³/mol. The number of carbonyl (C=O) groups is 1. The molecule has 0 saturated carbocycles. The summed E-state index contributed by atoms with van der Waals surface area (Å²) in [6.45, 7) is 5.81. The van der Waals surface area contributed by atoms with Gasteiger partial charge in [0.15, 0.2) is 6.10 Å². The summed E-state index contributed by atoms with van der Waals surface area (Å²) in [6, 6.07) is 9.98. The second kappa shape index (κ2) is 7.84. The molecule has 1 atom stereocenters. The van der Waals surface area contributed by atoms with Crippen molar-refractivity contribution in [3.05, 3.63) is 52.7 Å². The zero-order valence-corrected chi connectivity index (χ0v) is 15.8. The van der Waals surface area contributed by atoms with Gasteiger partial charge in [0.25, 0.3) is 11.8 Å². The van der Waals surface area contributed by atoms with Crippen molar-refractivity contribution in [2.75, 3.05) is 5.75 Å². The van der Waals surface area contributed by atoms with Gasteiger partial charge in [-0.3, -0.25) is 4.79 Å². The van der Waals surface area contributed by atoms with Crippen molar-refractivity contribution in [3.8, 4) is 10.8 Å². The maximum atomic E-state index is 12.1. The molecule has 0 unspecified atom stereocenters. The summed E-state index contributed by atoms with van der Waals surface area (Å²) in [7, 11) is 0. The smallest absolute Gasteiger partial charge is 0.317 e. The zero-order valence-electron chi connectivity index (χ0n) is 14.2. The molecule has 0 N–H and O–H groups in total. The Hall–Kier alpha value is -2.12. The molecule has 5 nitrogen and oxygen atoms in total. The molecule has 3 aromatic rings. The molecule has 0 aliphatic carbocycles. The lowest BCUT2D eigenvalue weighted by Gasteiger charge is -2.10. The molecule has 0 spiro atoms. The minimum atomic E-state index is -0.576. The summed E-state index contributed by atoms with van der Waals surface area (Å²) in [6.07, 6.45) is -0.576. The van der Waals surface area contributed by atoms with Gasteiger partial charge in [0.1, 0.15) is 0 Å². The van der Waals surface area contributed by atoms with E-state index in [0.717, 1.165) is 15.3 Å². The number of thioether (sulfide) groups is 1. The van der Waals surface area contributed by atoms with E-state index >= 15 is 0 Å². The highest BCUT2D eigenvalue weighted by molar-refractivity contribution is 8.00. The number of rotatable bonds is 6. The second-order valence-electron chi connectivity index (χ2n) is 5.61. The van der Waals surface area contributed by atoms with E-state index in [0.29, 0.717) is 11.8 Å². The van der Waals surface area contributed by atoms with E-state index in [1.807, 2.05) is 43.5 Å². The van der Waals surface area contributed by atoms with Crippen LogP contribution < -0.4 is 0 Å². The van der Waals surface area contributed by atoms with E-state index < -0.39 is 6.10 Å². The van der Waals surface area contributed by atoms with Gasteiger partial charge in [0.05, 0.1) is 10.6 Å². The third-order valence-electron chi connectivity index (χ3n) is 3.50. The number of esters is 1. The number of benzene rings is 1. The molecular weight excluding hydrogens is 356 g/mol. The second-order valence-corrected chi connectivity index (χ2v) is 7.58. The molecule has 0 amide bonds. The molecule has 0 aliphatic heterocycles. The fourth-order valence-corrected chi connectivity index (χ4v) is 3.71. The zero-order chi connectivity index (χ0) is 17.8. The molecule has 0 bridgehead atoms. The largest absolute Gasteiger partial charge is 0.452 e. The van der Waals surface area contributed by atoms with Crippen molar-refractivity contribution in [2.45, 2.75) is 31.8 Å². The van der Waals surface area contributed by atoms with Gasteiger partial charge in [0.2, 0.25) is 0 Å². The number of nitrogens with zero attached hydrogens (tertiary/aromatic N) is 2. The SMILES string of the molecule is Cc1ccc(SCC(=O)O[C@@H](C)c2nnc(-c3cccs3)o2)c(C)c1. The van der Waals surface area contributed by atoms with E-state index in [4.69, 9.17) is 9.15 Å². The average molecular weight is 374 g/mol. The summed E-state index contributed by atoms with van der Waals surface area (Å²) in [5, 5.41) is 9.91. The fraction of sp³-hybridized carbons (Fsp3) is 0.278. The molecule has 3 rings (SSSR count). The first-order valence-corrected chi connectivity index (χ1v) is 9.66. The Bertz CT molecular complexity index is 859. The third-order valence-corrected chi connectivity index (χ3v) is 5.51. The predicted octanol–water partition coefficient (Wildman–Crippen LogP) is 4.81. The molecule has 0 radical (unpaired) electrons. The molecule has 0 aliphatic rings. The topological polar surface area (TPSA) is 65.2 Å². The van der Waals surface area contributed by atoms with Gasteiger partial charge in [0, 0.05) is 4.90 Å². The number of aryl methyl sites for hydroxylation is 2. The van der Waals surface area contributed by atoms with Crippen LogP contribution in [0, 0.1) is 13.8 Å². The van der Waals surface area contributed by atoms with Crippen LogP contribution in [0.4, 0.5) is 0 Å². The quantitative estimate of drug-likeness (QED) is 0.456. The highest BCUT2D eigenvalue weighted by Crippen LogP contribution is 2.27. The fourth-order valence-electron chi connectivity index (χ4n) is 2.28. The minimum Gasteiger partial charge on any atom is -0.452 e. The van der Waals surface area contributed by atoms with E-state index in [2.05, 4.69) is 16.3 Å². The van der Waals surface area contributed by atoms with Crippen LogP contribution in [0.2, 0.25) is 0 Å². The van der Waals surface area contributed by atoms with Crippen molar-refractivity contribution in [1.82, 2.24) is 10.2 Å². The summed E-state index contributed by atoms with van der Waals surface area (Å²) < 4.78 is 11.0. The first kappa shape index (κ1) is 17.7. The van der Waals surface area contributed by atoms with Gasteiger partial charge in [-0.25, -0.2) is 0 Å². The Labute approximate surface area is 154 Å². The normalized spacial score (nSPS) is 12.1. The van der Waals surface area contributed by atoms with Crippen molar-refractivity contribution < 1.29 is 13.9 Å². The summed E-state index contributed by atoms with van der Waals surface area (Å²) in [5.41, 5.74) is 2.36. The average Bonchev–Trinajstić information content (AvgIpc) is 3.25. The van der Waals surface area contributed by atoms with Crippen LogP contribution in [0.25, 0.3) is 10.8 Å². The van der Waals surface area contributed by atoms with E-state index in [1.165, 1.54) is 28.7 Å². The lowest BCUT2D eigenvalue weighted by molar-refractivity contribution is -0.146. The number of aromatic nitrogens is 2. The van der Waals surface area contributed by atoms with Crippen molar-refractivity contribution in [2.24, 2.45) is 0 Å². The summed E-state index contributed by atoms with van der Waals surface area (Å²) in [5.74, 6) is 0.666. The van der Waals surface area contributed by atoms with Crippen LogP contribution in [-0.4, -0.2) is 21.9 Å². The van der Waals surface area contributed by atoms with E-state index in [9.17, 15) is 4.79 Å². The molecule has 2 heterocycles.